The van der Waals surface area contributed by atoms with Crippen molar-refractivity contribution < 1.29 is 9.53 Å². The number of hydrogen-bond donors (Lipinski definition) is 0. The average molecular weight is 332 g/mol. The number of halogens is 1. The lowest BCUT2D eigenvalue weighted by Crippen LogP contribution is -2.14. The Morgan fingerprint density at radius 1 is 1.25 bits per heavy atom. The average Bonchev–Trinajstić information content (AvgIpc) is 2.90. The van der Waals surface area contributed by atoms with Crippen LogP contribution in [0.3, 0.4) is 0 Å². The highest BCUT2D eigenvalue weighted by atomic mass is 79.9. The second-order valence-electron chi connectivity index (χ2n) is 4.14. The summed E-state index contributed by atoms with van der Waals surface area (Å²) >= 11 is 3.35. The summed E-state index contributed by atoms with van der Waals surface area (Å²) in [5.74, 6) is 0.217. The van der Waals surface area contributed by atoms with E-state index in [4.69, 9.17) is 4.74 Å². The SMILES string of the molecule is COc1ccc(Br)cc1C(=O)n1nnc2ccccc21. The molecule has 3 rings (SSSR count). The number of aromatic nitrogens is 3. The topological polar surface area (TPSA) is 57.0 Å². The highest BCUT2D eigenvalue weighted by Crippen LogP contribution is 2.24. The van der Waals surface area contributed by atoms with Crippen LogP contribution in [0.4, 0.5) is 0 Å². The molecule has 0 atom stereocenters. The van der Waals surface area contributed by atoms with Crippen LogP contribution in [0.2, 0.25) is 0 Å². The van der Waals surface area contributed by atoms with Gasteiger partial charge >= 0.3 is 0 Å². The molecule has 1 heterocycles. The smallest absolute Gasteiger partial charge is 0.283 e. The van der Waals surface area contributed by atoms with Gasteiger partial charge < -0.3 is 4.74 Å². The van der Waals surface area contributed by atoms with E-state index in [9.17, 15) is 4.79 Å². The van der Waals surface area contributed by atoms with E-state index in [1.54, 1.807) is 18.2 Å². The highest BCUT2D eigenvalue weighted by molar-refractivity contribution is 9.10. The van der Waals surface area contributed by atoms with Crippen LogP contribution in [0.5, 0.6) is 5.75 Å². The van der Waals surface area contributed by atoms with E-state index in [1.807, 2.05) is 24.3 Å². The summed E-state index contributed by atoms with van der Waals surface area (Å²) < 4.78 is 7.30. The Morgan fingerprint density at radius 2 is 2.05 bits per heavy atom. The molecule has 0 fully saturated rings. The zero-order valence-electron chi connectivity index (χ0n) is 10.6. The molecule has 1 aromatic heterocycles. The van der Waals surface area contributed by atoms with E-state index in [-0.39, 0.29) is 5.91 Å². The molecule has 0 radical (unpaired) electrons. The first kappa shape index (κ1) is 12.8. The monoisotopic (exact) mass is 331 g/mol. The summed E-state index contributed by atoms with van der Waals surface area (Å²) in [5.41, 5.74) is 1.77. The third kappa shape index (κ3) is 2.08. The summed E-state index contributed by atoms with van der Waals surface area (Å²) in [6.07, 6.45) is 0. The molecule has 6 heteroatoms. The summed E-state index contributed by atoms with van der Waals surface area (Å²) in [5, 5.41) is 7.91. The molecule has 0 amide bonds. The molecule has 0 aliphatic heterocycles. The Bertz CT molecular complexity index is 798. The lowest BCUT2D eigenvalue weighted by atomic mass is 10.2. The van der Waals surface area contributed by atoms with Crippen molar-refractivity contribution in [2.75, 3.05) is 7.11 Å². The number of carbonyl (C=O) groups is 1. The molecule has 0 unspecified atom stereocenters. The molecule has 0 N–H and O–H groups in total. The number of ether oxygens (including phenoxy) is 1. The van der Waals surface area contributed by atoms with Crippen LogP contribution in [0, 0.1) is 0 Å². The molecule has 0 aliphatic carbocycles. The molecule has 0 saturated carbocycles. The minimum absolute atomic E-state index is 0.281. The van der Waals surface area contributed by atoms with E-state index in [0.717, 1.165) is 4.47 Å². The molecule has 20 heavy (non-hydrogen) atoms. The standard InChI is InChI=1S/C14H10BrN3O2/c1-20-13-7-6-9(15)8-10(13)14(19)18-12-5-3-2-4-11(12)16-17-18/h2-8H,1H3. The minimum Gasteiger partial charge on any atom is -0.496 e. The van der Waals surface area contributed by atoms with Crippen molar-refractivity contribution in [1.82, 2.24) is 15.0 Å². The fraction of sp³-hybridized carbons (Fsp3) is 0.0714. The van der Waals surface area contributed by atoms with Crippen LogP contribution < -0.4 is 4.74 Å². The largest absolute Gasteiger partial charge is 0.496 e. The van der Waals surface area contributed by atoms with Crippen LogP contribution in [0.25, 0.3) is 11.0 Å². The maximum Gasteiger partial charge on any atom is 0.283 e. The summed E-state index contributed by atoms with van der Waals surface area (Å²) in [7, 11) is 1.53. The summed E-state index contributed by atoms with van der Waals surface area (Å²) in [4.78, 5) is 12.6. The quantitative estimate of drug-likeness (QED) is 0.724. The maximum atomic E-state index is 12.6. The van der Waals surface area contributed by atoms with Crippen LogP contribution in [-0.2, 0) is 0 Å². The Hall–Kier alpha value is -2.21. The van der Waals surface area contributed by atoms with E-state index in [2.05, 4.69) is 26.2 Å². The Kier molecular flexibility index (Phi) is 3.23. The maximum absolute atomic E-state index is 12.6. The van der Waals surface area contributed by atoms with Crippen molar-refractivity contribution >= 4 is 32.9 Å². The van der Waals surface area contributed by atoms with Gasteiger partial charge in [0.15, 0.2) is 0 Å². The van der Waals surface area contributed by atoms with Crippen LogP contribution in [0.15, 0.2) is 46.9 Å². The Morgan fingerprint density at radius 3 is 2.85 bits per heavy atom. The molecular formula is C14H10BrN3O2. The van der Waals surface area contributed by atoms with E-state index in [0.29, 0.717) is 22.3 Å². The van der Waals surface area contributed by atoms with Gasteiger partial charge in [-0.25, -0.2) is 0 Å². The van der Waals surface area contributed by atoms with Crippen molar-refractivity contribution in [3.63, 3.8) is 0 Å². The lowest BCUT2D eigenvalue weighted by Gasteiger charge is -2.08. The van der Waals surface area contributed by atoms with Gasteiger partial charge in [0.2, 0.25) is 0 Å². The van der Waals surface area contributed by atoms with Gasteiger partial charge in [-0.15, -0.1) is 5.10 Å². The van der Waals surface area contributed by atoms with Crippen molar-refractivity contribution in [3.8, 4) is 5.75 Å². The van der Waals surface area contributed by atoms with Gasteiger partial charge in [-0.2, -0.15) is 4.68 Å². The zero-order valence-corrected chi connectivity index (χ0v) is 12.2. The molecule has 0 aliphatic rings. The number of nitrogens with zero attached hydrogens (tertiary/aromatic N) is 3. The number of hydrogen-bond acceptors (Lipinski definition) is 4. The Balaban J connectivity index is 2.15. The van der Waals surface area contributed by atoms with E-state index < -0.39 is 0 Å². The molecule has 100 valence electrons. The first-order valence-electron chi connectivity index (χ1n) is 5.89. The number of para-hydroxylation sites is 1. The normalized spacial score (nSPS) is 10.7. The van der Waals surface area contributed by atoms with Gasteiger partial charge in [0, 0.05) is 4.47 Å². The fourth-order valence-electron chi connectivity index (χ4n) is 1.98. The third-order valence-electron chi connectivity index (χ3n) is 2.94. The highest BCUT2D eigenvalue weighted by Gasteiger charge is 2.18. The molecule has 0 saturated heterocycles. The number of carbonyl (C=O) groups excluding carboxylic acids is 1. The van der Waals surface area contributed by atoms with Crippen LogP contribution >= 0.6 is 15.9 Å². The molecule has 0 spiro atoms. The van der Waals surface area contributed by atoms with Crippen LogP contribution in [0.1, 0.15) is 10.4 Å². The molecular weight excluding hydrogens is 322 g/mol. The number of rotatable bonds is 2. The van der Waals surface area contributed by atoms with Crippen molar-refractivity contribution in [2.45, 2.75) is 0 Å². The van der Waals surface area contributed by atoms with Crippen molar-refractivity contribution in [2.24, 2.45) is 0 Å². The summed E-state index contributed by atoms with van der Waals surface area (Å²) in [6, 6.07) is 12.6. The lowest BCUT2D eigenvalue weighted by molar-refractivity contribution is 0.0945. The fourth-order valence-corrected chi connectivity index (χ4v) is 2.34. The number of fused-ring (bicyclic) bond motifs is 1. The first-order valence-corrected chi connectivity index (χ1v) is 6.68. The molecule has 5 nitrogen and oxygen atoms in total. The first-order chi connectivity index (χ1) is 9.70. The zero-order chi connectivity index (χ0) is 14.1. The van der Waals surface area contributed by atoms with Crippen molar-refractivity contribution in [1.29, 1.82) is 0 Å². The Labute approximate surface area is 123 Å². The van der Waals surface area contributed by atoms with Gasteiger partial charge in [-0.05, 0) is 30.3 Å². The van der Waals surface area contributed by atoms with Gasteiger partial charge in [0.05, 0.1) is 18.2 Å². The van der Waals surface area contributed by atoms with Gasteiger partial charge in [0.1, 0.15) is 11.3 Å². The predicted molar refractivity (Wildman–Crippen MR) is 78.0 cm³/mol. The van der Waals surface area contributed by atoms with Gasteiger partial charge in [-0.3, -0.25) is 4.79 Å². The second-order valence-corrected chi connectivity index (χ2v) is 5.06. The van der Waals surface area contributed by atoms with E-state index >= 15 is 0 Å². The summed E-state index contributed by atoms with van der Waals surface area (Å²) in [6.45, 7) is 0. The number of methoxy groups -OCH3 is 1. The van der Waals surface area contributed by atoms with Crippen molar-refractivity contribution in [3.05, 3.63) is 52.5 Å². The predicted octanol–water partition coefficient (Wildman–Crippen LogP) is 2.89. The van der Waals surface area contributed by atoms with Gasteiger partial charge in [0.25, 0.3) is 5.91 Å². The molecule has 0 bridgehead atoms. The van der Waals surface area contributed by atoms with Gasteiger partial charge in [-0.1, -0.05) is 33.3 Å². The third-order valence-corrected chi connectivity index (χ3v) is 3.43. The minimum atomic E-state index is -0.281. The number of benzene rings is 2. The second kappa shape index (κ2) is 5.05. The van der Waals surface area contributed by atoms with E-state index in [1.165, 1.54) is 11.8 Å². The molecule has 2 aromatic carbocycles. The molecule has 3 aromatic rings. The van der Waals surface area contributed by atoms with Crippen LogP contribution in [-0.4, -0.2) is 28.0 Å².